The van der Waals surface area contributed by atoms with Crippen LogP contribution in [0.3, 0.4) is 0 Å². The molecular weight excluding hydrogens is 158 g/mol. The highest BCUT2D eigenvalue weighted by Gasteiger charge is 2.03. The van der Waals surface area contributed by atoms with E-state index in [4.69, 9.17) is 5.73 Å². The molecule has 1 aliphatic carbocycles. The van der Waals surface area contributed by atoms with Gasteiger partial charge in [-0.2, -0.15) is 0 Å². The number of allylic oxidation sites excluding steroid dienone is 4. The highest BCUT2D eigenvalue weighted by molar-refractivity contribution is 5.35. The Morgan fingerprint density at radius 2 is 2.08 bits per heavy atom. The summed E-state index contributed by atoms with van der Waals surface area (Å²) < 4.78 is 0. The van der Waals surface area contributed by atoms with Crippen LogP contribution in [0, 0.1) is 5.92 Å². The lowest BCUT2D eigenvalue weighted by molar-refractivity contribution is 0.768. The van der Waals surface area contributed by atoms with E-state index in [1.807, 2.05) is 0 Å². The molecule has 1 rings (SSSR count). The van der Waals surface area contributed by atoms with E-state index >= 15 is 0 Å². The number of rotatable bonds is 3. The normalized spacial score (nSPS) is 22.2. The Morgan fingerprint density at radius 3 is 2.62 bits per heavy atom. The molecule has 0 aromatic carbocycles. The van der Waals surface area contributed by atoms with Gasteiger partial charge in [0.25, 0.3) is 0 Å². The average Bonchev–Trinajstić information content (AvgIpc) is 2.39. The van der Waals surface area contributed by atoms with E-state index in [0.29, 0.717) is 12.5 Å². The third kappa shape index (κ3) is 2.85. The molecule has 1 heteroatoms. The van der Waals surface area contributed by atoms with Crippen molar-refractivity contribution < 1.29 is 0 Å². The second kappa shape index (κ2) is 5.03. The van der Waals surface area contributed by atoms with E-state index in [1.165, 1.54) is 11.1 Å². The highest BCUT2D eigenvalue weighted by atomic mass is 14.5. The minimum Gasteiger partial charge on any atom is -0.327 e. The van der Waals surface area contributed by atoms with Crippen molar-refractivity contribution in [1.82, 2.24) is 0 Å². The molecule has 1 atom stereocenters. The van der Waals surface area contributed by atoms with E-state index in [0.717, 1.165) is 12.8 Å². The molecule has 0 bridgehead atoms. The van der Waals surface area contributed by atoms with Crippen molar-refractivity contribution in [1.29, 1.82) is 0 Å². The van der Waals surface area contributed by atoms with Gasteiger partial charge in [0.15, 0.2) is 0 Å². The summed E-state index contributed by atoms with van der Waals surface area (Å²) in [4.78, 5) is 0. The molecule has 0 saturated carbocycles. The van der Waals surface area contributed by atoms with Gasteiger partial charge in [0.05, 0.1) is 0 Å². The van der Waals surface area contributed by atoms with Crippen LogP contribution >= 0.6 is 0 Å². The molecule has 0 aromatic rings. The summed E-state index contributed by atoms with van der Waals surface area (Å²) in [5, 5.41) is 0. The van der Waals surface area contributed by atoms with Crippen LogP contribution in [0.2, 0.25) is 0 Å². The van der Waals surface area contributed by atoms with Gasteiger partial charge in [-0.3, -0.25) is 0 Å². The third-order valence-electron chi connectivity index (χ3n) is 2.47. The Bertz CT molecular complexity index is 246. The van der Waals surface area contributed by atoms with Crippen molar-refractivity contribution >= 4 is 0 Å². The van der Waals surface area contributed by atoms with Crippen LogP contribution in [0.1, 0.15) is 26.7 Å². The summed E-state index contributed by atoms with van der Waals surface area (Å²) >= 11 is 0. The van der Waals surface area contributed by atoms with E-state index in [2.05, 4.69) is 38.2 Å². The summed E-state index contributed by atoms with van der Waals surface area (Å²) in [6.07, 6.45) is 11.2. The van der Waals surface area contributed by atoms with E-state index in [1.54, 1.807) is 0 Å². The molecule has 0 amide bonds. The van der Waals surface area contributed by atoms with Gasteiger partial charge in [-0.05, 0) is 29.9 Å². The minimum atomic E-state index is 0.568. The van der Waals surface area contributed by atoms with Gasteiger partial charge < -0.3 is 5.73 Å². The van der Waals surface area contributed by atoms with Crippen molar-refractivity contribution in [3.05, 3.63) is 35.5 Å². The Morgan fingerprint density at radius 1 is 1.31 bits per heavy atom. The fourth-order valence-electron chi connectivity index (χ4n) is 1.51. The Kier molecular flexibility index (Phi) is 3.97. The molecule has 1 nitrogen and oxygen atoms in total. The SMILES string of the molecule is CCC1=CC(CN)=CC(CC)C=C1. The van der Waals surface area contributed by atoms with E-state index < -0.39 is 0 Å². The highest BCUT2D eigenvalue weighted by Crippen LogP contribution is 2.18. The fourth-order valence-corrected chi connectivity index (χ4v) is 1.51. The number of hydrogen-bond acceptors (Lipinski definition) is 1. The Balaban J connectivity index is 2.86. The second-order valence-corrected chi connectivity index (χ2v) is 3.45. The lowest BCUT2D eigenvalue weighted by Crippen LogP contribution is -2.02. The zero-order chi connectivity index (χ0) is 9.68. The summed E-state index contributed by atoms with van der Waals surface area (Å²) in [5.74, 6) is 0.568. The first-order valence-electron chi connectivity index (χ1n) is 5.09. The van der Waals surface area contributed by atoms with Crippen LogP contribution < -0.4 is 5.73 Å². The maximum Gasteiger partial charge on any atom is 0.0175 e. The van der Waals surface area contributed by atoms with Crippen LogP contribution in [0.25, 0.3) is 0 Å². The summed E-state index contributed by atoms with van der Waals surface area (Å²) in [7, 11) is 0. The topological polar surface area (TPSA) is 26.0 Å². The predicted octanol–water partition coefficient (Wildman–Crippen LogP) is 2.80. The molecule has 72 valence electrons. The Labute approximate surface area is 81.0 Å². The lowest BCUT2D eigenvalue weighted by Gasteiger charge is -2.03. The van der Waals surface area contributed by atoms with Crippen molar-refractivity contribution in [2.24, 2.45) is 11.7 Å². The van der Waals surface area contributed by atoms with Gasteiger partial charge in [0.1, 0.15) is 0 Å². The predicted molar refractivity (Wildman–Crippen MR) is 58.4 cm³/mol. The standard InChI is InChI=1S/C12H19N/c1-3-10-5-6-11(4-2)8-12(7-10)9-13/h5-8,10H,3-4,9,13H2,1-2H3. The molecule has 1 unspecified atom stereocenters. The van der Waals surface area contributed by atoms with Crippen LogP contribution in [0.4, 0.5) is 0 Å². The number of nitrogens with two attached hydrogens (primary N) is 1. The lowest BCUT2D eigenvalue weighted by atomic mass is 10.0. The monoisotopic (exact) mass is 177 g/mol. The first-order chi connectivity index (χ1) is 6.30. The van der Waals surface area contributed by atoms with Crippen molar-refractivity contribution in [3.8, 4) is 0 Å². The zero-order valence-corrected chi connectivity index (χ0v) is 8.59. The van der Waals surface area contributed by atoms with Crippen LogP contribution in [0.5, 0.6) is 0 Å². The maximum absolute atomic E-state index is 5.67. The summed E-state index contributed by atoms with van der Waals surface area (Å²) in [6.45, 7) is 5.04. The second-order valence-electron chi connectivity index (χ2n) is 3.45. The van der Waals surface area contributed by atoms with Gasteiger partial charge in [-0.15, -0.1) is 0 Å². The zero-order valence-electron chi connectivity index (χ0n) is 8.59. The summed E-state index contributed by atoms with van der Waals surface area (Å²) in [5.41, 5.74) is 8.32. The Hall–Kier alpha value is -0.820. The molecule has 0 spiro atoms. The van der Waals surface area contributed by atoms with Crippen molar-refractivity contribution in [3.63, 3.8) is 0 Å². The van der Waals surface area contributed by atoms with Gasteiger partial charge in [-0.25, -0.2) is 0 Å². The van der Waals surface area contributed by atoms with Crippen molar-refractivity contribution in [2.45, 2.75) is 26.7 Å². The molecule has 0 radical (unpaired) electrons. The van der Waals surface area contributed by atoms with Crippen molar-refractivity contribution in [2.75, 3.05) is 6.54 Å². The van der Waals surface area contributed by atoms with Crippen LogP contribution in [-0.4, -0.2) is 6.54 Å². The average molecular weight is 177 g/mol. The molecule has 0 aromatic heterocycles. The van der Waals surface area contributed by atoms with Crippen LogP contribution in [-0.2, 0) is 0 Å². The molecule has 13 heavy (non-hydrogen) atoms. The third-order valence-corrected chi connectivity index (χ3v) is 2.47. The van der Waals surface area contributed by atoms with Gasteiger partial charge in [-0.1, -0.05) is 38.2 Å². The maximum atomic E-state index is 5.67. The van der Waals surface area contributed by atoms with Gasteiger partial charge >= 0.3 is 0 Å². The molecular formula is C12H19N. The minimum absolute atomic E-state index is 0.568. The quantitative estimate of drug-likeness (QED) is 0.704. The molecule has 1 aliphatic rings. The first-order valence-corrected chi connectivity index (χ1v) is 5.09. The van der Waals surface area contributed by atoms with E-state index in [-0.39, 0.29) is 0 Å². The van der Waals surface area contributed by atoms with E-state index in [9.17, 15) is 0 Å². The van der Waals surface area contributed by atoms with Crippen LogP contribution in [0.15, 0.2) is 35.5 Å². The molecule has 0 aliphatic heterocycles. The van der Waals surface area contributed by atoms with Gasteiger partial charge in [0, 0.05) is 6.54 Å². The molecule has 0 fully saturated rings. The smallest absolute Gasteiger partial charge is 0.0175 e. The summed E-state index contributed by atoms with van der Waals surface area (Å²) in [6, 6.07) is 0. The van der Waals surface area contributed by atoms with Gasteiger partial charge in [0.2, 0.25) is 0 Å². The molecule has 0 saturated heterocycles. The molecule has 0 heterocycles. The fraction of sp³-hybridized carbons (Fsp3) is 0.500. The first kappa shape index (κ1) is 10.3. The number of hydrogen-bond donors (Lipinski definition) is 1. The largest absolute Gasteiger partial charge is 0.327 e. The molecule has 2 N–H and O–H groups in total.